The summed E-state index contributed by atoms with van der Waals surface area (Å²) in [4.78, 5) is 29.5. The average molecular weight is 457 g/mol. The van der Waals surface area contributed by atoms with Gasteiger partial charge in [-0.05, 0) is 68.7 Å². The van der Waals surface area contributed by atoms with Crippen LogP contribution in [-0.2, 0) is 16.0 Å². The van der Waals surface area contributed by atoms with Gasteiger partial charge in [-0.3, -0.25) is 9.59 Å². The van der Waals surface area contributed by atoms with Crippen molar-refractivity contribution in [2.45, 2.75) is 44.9 Å². The first-order chi connectivity index (χ1) is 16.0. The van der Waals surface area contributed by atoms with Gasteiger partial charge in [-0.25, -0.2) is 4.90 Å². The topological polar surface area (TPSA) is 49.4 Å². The fourth-order valence-electron chi connectivity index (χ4n) is 3.65. The minimum Gasteiger partial charge on any atom is -0.350 e. The number of carbonyl (C=O) groups is 2. The third-order valence-corrected chi connectivity index (χ3v) is 6.71. The molecule has 0 fully saturated rings. The van der Waals surface area contributed by atoms with Gasteiger partial charge in [0.2, 0.25) is 0 Å². The summed E-state index contributed by atoms with van der Waals surface area (Å²) < 4.78 is 0. The highest BCUT2D eigenvalue weighted by atomic mass is 32.2. The maximum absolute atomic E-state index is 13.5. The molecule has 5 heteroatoms. The molecule has 1 aliphatic heterocycles. The van der Waals surface area contributed by atoms with Crippen LogP contribution in [0.15, 0.2) is 88.3 Å². The maximum atomic E-state index is 13.5. The molecule has 0 saturated heterocycles. The Bertz CT molecular complexity index is 1110. The number of aryl methyl sites for hydroxylation is 3. The number of hydrogen-bond acceptors (Lipinski definition) is 4. The number of nitrogens with one attached hydrogen (secondary N) is 1. The normalized spacial score (nSPS) is 13.7. The molecule has 0 saturated carbocycles. The van der Waals surface area contributed by atoms with E-state index in [4.69, 9.17) is 0 Å². The maximum Gasteiger partial charge on any atom is 0.283 e. The zero-order chi connectivity index (χ0) is 23.4. The molecule has 1 aliphatic rings. The third-order valence-electron chi connectivity index (χ3n) is 5.62. The zero-order valence-electron chi connectivity index (χ0n) is 19.2. The molecule has 0 spiro atoms. The fourth-order valence-corrected chi connectivity index (χ4v) is 4.57. The molecular weight excluding hydrogens is 428 g/mol. The van der Waals surface area contributed by atoms with E-state index in [-0.39, 0.29) is 11.8 Å². The highest BCUT2D eigenvalue weighted by Gasteiger charge is 2.40. The van der Waals surface area contributed by atoms with E-state index in [1.54, 1.807) is 0 Å². The third kappa shape index (κ3) is 5.20. The van der Waals surface area contributed by atoms with Crippen LogP contribution in [0, 0.1) is 13.8 Å². The molecule has 4 rings (SSSR count). The SMILES string of the molecule is CCCCc1ccc(N2C(=O)C(Nc3ccc(C)cc3)=C(Sc3ccc(C)cc3)C2=O)cc1. The number of carbonyl (C=O) groups excluding carboxylic acids is 2. The summed E-state index contributed by atoms with van der Waals surface area (Å²) >= 11 is 1.32. The first-order valence-electron chi connectivity index (χ1n) is 11.3. The van der Waals surface area contributed by atoms with Crippen LogP contribution >= 0.6 is 11.8 Å². The Morgan fingerprint density at radius 2 is 1.39 bits per heavy atom. The van der Waals surface area contributed by atoms with E-state index in [9.17, 15) is 9.59 Å². The minimum absolute atomic E-state index is 0.304. The lowest BCUT2D eigenvalue weighted by molar-refractivity contribution is -0.120. The number of amides is 2. The first kappa shape index (κ1) is 22.9. The molecule has 1 heterocycles. The molecule has 0 aliphatic carbocycles. The van der Waals surface area contributed by atoms with Crippen molar-refractivity contribution in [1.29, 1.82) is 0 Å². The Balaban J connectivity index is 1.66. The van der Waals surface area contributed by atoms with Crippen molar-refractivity contribution >= 4 is 35.0 Å². The van der Waals surface area contributed by atoms with Gasteiger partial charge in [-0.2, -0.15) is 0 Å². The molecule has 168 valence electrons. The first-order valence-corrected chi connectivity index (χ1v) is 12.1. The van der Waals surface area contributed by atoms with Crippen LogP contribution in [-0.4, -0.2) is 11.8 Å². The van der Waals surface area contributed by atoms with E-state index in [0.717, 1.165) is 41.0 Å². The number of unbranched alkanes of at least 4 members (excludes halogenated alkanes) is 1. The molecule has 0 bridgehead atoms. The van der Waals surface area contributed by atoms with Crippen LogP contribution in [0.3, 0.4) is 0 Å². The van der Waals surface area contributed by atoms with Gasteiger partial charge >= 0.3 is 0 Å². The van der Waals surface area contributed by atoms with Crippen LogP contribution in [0.4, 0.5) is 11.4 Å². The second kappa shape index (κ2) is 10.1. The van der Waals surface area contributed by atoms with Crippen molar-refractivity contribution in [2.75, 3.05) is 10.2 Å². The highest BCUT2D eigenvalue weighted by molar-refractivity contribution is 8.04. The van der Waals surface area contributed by atoms with Crippen molar-refractivity contribution in [3.8, 4) is 0 Å². The monoisotopic (exact) mass is 456 g/mol. The van der Waals surface area contributed by atoms with Crippen molar-refractivity contribution in [3.63, 3.8) is 0 Å². The average Bonchev–Trinajstić information content (AvgIpc) is 3.05. The zero-order valence-corrected chi connectivity index (χ0v) is 20.0. The predicted molar refractivity (Wildman–Crippen MR) is 136 cm³/mol. The quantitative estimate of drug-likeness (QED) is 0.386. The smallest absolute Gasteiger partial charge is 0.283 e. The van der Waals surface area contributed by atoms with Crippen molar-refractivity contribution < 1.29 is 9.59 Å². The number of nitrogens with zero attached hydrogens (tertiary/aromatic N) is 1. The Morgan fingerprint density at radius 1 is 0.788 bits per heavy atom. The van der Waals surface area contributed by atoms with Crippen LogP contribution in [0.2, 0.25) is 0 Å². The standard InChI is InChI=1S/C28H28N2O2S/c1-4-5-6-21-11-15-23(16-12-21)30-27(31)25(29-22-13-7-19(2)8-14-22)26(28(30)32)33-24-17-9-20(3)10-18-24/h7-18,29H,4-6H2,1-3H3. The van der Waals surface area contributed by atoms with E-state index in [0.29, 0.717) is 16.3 Å². The van der Waals surface area contributed by atoms with E-state index in [2.05, 4.69) is 12.2 Å². The fraction of sp³-hybridized carbons (Fsp3) is 0.214. The number of hydrogen-bond donors (Lipinski definition) is 1. The second-order valence-corrected chi connectivity index (χ2v) is 9.41. The molecule has 0 unspecified atom stereocenters. The van der Waals surface area contributed by atoms with Gasteiger partial charge < -0.3 is 5.32 Å². The highest BCUT2D eigenvalue weighted by Crippen LogP contribution is 2.38. The summed E-state index contributed by atoms with van der Waals surface area (Å²) in [6.07, 6.45) is 3.23. The molecule has 4 nitrogen and oxygen atoms in total. The van der Waals surface area contributed by atoms with E-state index in [1.165, 1.54) is 22.2 Å². The Labute approximate surface area is 199 Å². The number of thioether (sulfide) groups is 1. The van der Waals surface area contributed by atoms with Gasteiger partial charge in [0.15, 0.2) is 0 Å². The Hall–Kier alpha value is -3.31. The second-order valence-electron chi connectivity index (χ2n) is 8.33. The van der Waals surface area contributed by atoms with Crippen LogP contribution < -0.4 is 10.2 Å². The molecule has 3 aromatic rings. The lowest BCUT2D eigenvalue weighted by atomic mass is 10.1. The Kier molecular flexibility index (Phi) is 6.99. The summed E-state index contributed by atoms with van der Waals surface area (Å²) in [7, 11) is 0. The molecular formula is C28H28N2O2S. The lowest BCUT2D eigenvalue weighted by Crippen LogP contribution is -2.32. The van der Waals surface area contributed by atoms with Crippen molar-refractivity contribution in [2.24, 2.45) is 0 Å². The molecule has 0 radical (unpaired) electrons. The molecule has 0 aromatic heterocycles. The van der Waals surface area contributed by atoms with Crippen LogP contribution in [0.5, 0.6) is 0 Å². The van der Waals surface area contributed by atoms with Gasteiger partial charge in [0.1, 0.15) is 10.6 Å². The molecule has 2 amide bonds. The van der Waals surface area contributed by atoms with Gasteiger partial charge in [-0.15, -0.1) is 0 Å². The minimum atomic E-state index is -0.337. The predicted octanol–water partition coefficient (Wildman–Crippen LogP) is 6.64. The molecule has 0 atom stereocenters. The van der Waals surface area contributed by atoms with Crippen LogP contribution in [0.1, 0.15) is 36.5 Å². The van der Waals surface area contributed by atoms with Gasteiger partial charge in [0, 0.05) is 10.6 Å². The van der Waals surface area contributed by atoms with Gasteiger partial charge in [-0.1, -0.05) is 72.6 Å². The van der Waals surface area contributed by atoms with Crippen molar-refractivity contribution in [3.05, 3.63) is 100 Å². The summed E-state index contributed by atoms with van der Waals surface area (Å²) in [5.41, 5.74) is 5.15. The number of imide groups is 1. The van der Waals surface area contributed by atoms with E-state index >= 15 is 0 Å². The lowest BCUT2D eigenvalue weighted by Gasteiger charge is -2.16. The number of anilines is 2. The summed E-state index contributed by atoms with van der Waals surface area (Å²) in [5.74, 6) is -0.641. The van der Waals surface area contributed by atoms with Crippen LogP contribution in [0.25, 0.3) is 0 Å². The van der Waals surface area contributed by atoms with Crippen molar-refractivity contribution in [1.82, 2.24) is 0 Å². The number of benzene rings is 3. The van der Waals surface area contributed by atoms with Gasteiger partial charge in [0.05, 0.1) is 5.69 Å². The summed E-state index contributed by atoms with van der Waals surface area (Å²) in [6, 6.07) is 23.5. The largest absolute Gasteiger partial charge is 0.350 e. The summed E-state index contributed by atoms with van der Waals surface area (Å²) in [6.45, 7) is 6.20. The molecule has 33 heavy (non-hydrogen) atoms. The van der Waals surface area contributed by atoms with Gasteiger partial charge in [0.25, 0.3) is 11.8 Å². The summed E-state index contributed by atoms with van der Waals surface area (Å²) in [5, 5.41) is 3.22. The molecule has 3 aromatic carbocycles. The molecule has 1 N–H and O–H groups in total. The number of rotatable bonds is 8. The van der Waals surface area contributed by atoms with E-state index in [1.807, 2.05) is 86.6 Å². The van der Waals surface area contributed by atoms with E-state index < -0.39 is 0 Å². The Morgan fingerprint density at radius 3 is 2.00 bits per heavy atom.